The quantitative estimate of drug-likeness (QED) is 0.561. The van der Waals surface area contributed by atoms with Crippen molar-refractivity contribution < 1.29 is 9.59 Å². The van der Waals surface area contributed by atoms with Gasteiger partial charge >= 0.3 is 6.03 Å². The number of carbonyl (C=O) groups is 2. The average Bonchev–Trinajstić information content (AvgIpc) is 2.96. The zero-order valence-electron chi connectivity index (χ0n) is 13.4. The summed E-state index contributed by atoms with van der Waals surface area (Å²) >= 11 is 6.04. The highest BCUT2D eigenvalue weighted by molar-refractivity contribution is 7.73. The van der Waals surface area contributed by atoms with E-state index in [1.165, 1.54) is 5.01 Å². The van der Waals surface area contributed by atoms with Crippen molar-refractivity contribution in [2.75, 3.05) is 5.32 Å². The third-order valence-corrected chi connectivity index (χ3v) is 4.14. The molecule has 7 nitrogen and oxygen atoms in total. The number of hydrogen-bond acceptors (Lipinski definition) is 5. The van der Waals surface area contributed by atoms with Crippen molar-refractivity contribution >= 4 is 40.6 Å². The molecule has 9 heteroatoms. The van der Waals surface area contributed by atoms with Gasteiger partial charge in [0.15, 0.2) is 3.95 Å². The van der Waals surface area contributed by atoms with Gasteiger partial charge in [0.1, 0.15) is 0 Å². The van der Waals surface area contributed by atoms with Gasteiger partial charge in [-0.25, -0.2) is 10.2 Å². The molecule has 0 fully saturated rings. The topological polar surface area (TPSA) is 90.1 Å². The molecule has 0 saturated carbocycles. The number of anilines is 1. The Kier molecular flexibility index (Phi) is 6.44. The second-order valence-corrected chi connectivity index (χ2v) is 6.99. The van der Waals surface area contributed by atoms with Gasteiger partial charge in [-0.1, -0.05) is 41.7 Å². The average molecular weight is 365 g/mol. The summed E-state index contributed by atoms with van der Waals surface area (Å²) in [5.74, 6) is -0.154. The van der Waals surface area contributed by atoms with Crippen molar-refractivity contribution in [1.29, 1.82) is 0 Å². The van der Waals surface area contributed by atoms with Gasteiger partial charge in [-0.2, -0.15) is 0 Å². The molecular formula is C15H19N5O2S2. The summed E-state index contributed by atoms with van der Waals surface area (Å²) in [5, 5.41) is 10.6. The van der Waals surface area contributed by atoms with Crippen LogP contribution >= 0.6 is 23.6 Å². The van der Waals surface area contributed by atoms with Gasteiger partial charge in [0.2, 0.25) is 11.0 Å². The van der Waals surface area contributed by atoms with E-state index in [0.29, 0.717) is 21.9 Å². The normalized spacial score (nSPS) is 10.5. The van der Waals surface area contributed by atoms with Crippen molar-refractivity contribution in [2.45, 2.75) is 32.7 Å². The summed E-state index contributed by atoms with van der Waals surface area (Å²) in [6.45, 7) is 3.67. The summed E-state index contributed by atoms with van der Waals surface area (Å²) in [7, 11) is 0. The molecule has 24 heavy (non-hydrogen) atoms. The first-order valence-electron chi connectivity index (χ1n) is 7.45. The number of benzene rings is 1. The SMILES string of the molecule is CC(C)N(NC(=O)Nc1n[nH]c(=S)s1)C(=O)CCc1ccccc1. The first-order chi connectivity index (χ1) is 11.5. The summed E-state index contributed by atoms with van der Waals surface area (Å²) in [6, 6.07) is 9.04. The second-order valence-electron chi connectivity index (χ2n) is 5.33. The van der Waals surface area contributed by atoms with Gasteiger partial charge in [0.25, 0.3) is 0 Å². The maximum absolute atomic E-state index is 12.4. The number of nitrogens with one attached hydrogen (secondary N) is 3. The lowest BCUT2D eigenvalue weighted by molar-refractivity contribution is -0.135. The number of hydrogen-bond donors (Lipinski definition) is 3. The van der Waals surface area contributed by atoms with E-state index in [0.717, 1.165) is 16.9 Å². The molecule has 0 bridgehead atoms. The molecule has 2 rings (SSSR count). The van der Waals surface area contributed by atoms with E-state index < -0.39 is 6.03 Å². The molecule has 0 atom stereocenters. The molecular weight excluding hydrogens is 346 g/mol. The van der Waals surface area contributed by atoms with Gasteiger partial charge in [-0.05, 0) is 38.0 Å². The monoisotopic (exact) mass is 365 g/mol. The van der Waals surface area contributed by atoms with E-state index >= 15 is 0 Å². The molecule has 0 radical (unpaired) electrons. The van der Waals surface area contributed by atoms with Crippen molar-refractivity contribution in [3.8, 4) is 0 Å². The minimum atomic E-state index is -0.533. The highest BCUT2D eigenvalue weighted by atomic mass is 32.1. The third kappa shape index (κ3) is 5.43. The molecule has 1 aromatic carbocycles. The molecule has 3 amide bonds. The number of aromatic nitrogens is 2. The minimum Gasteiger partial charge on any atom is -0.281 e. The van der Waals surface area contributed by atoms with Crippen LogP contribution in [0.1, 0.15) is 25.8 Å². The lowest BCUT2D eigenvalue weighted by Gasteiger charge is -2.27. The van der Waals surface area contributed by atoms with Crippen LogP contribution in [0.3, 0.4) is 0 Å². The molecule has 0 spiro atoms. The fourth-order valence-corrected chi connectivity index (χ4v) is 2.80. The molecule has 0 aliphatic rings. The van der Waals surface area contributed by atoms with Gasteiger partial charge in [-0.3, -0.25) is 20.2 Å². The first kappa shape index (κ1) is 18.1. The number of carbonyl (C=O) groups excluding carboxylic acids is 2. The van der Waals surface area contributed by atoms with E-state index in [-0.39, 0.29) is 11.9 Å². The van der Waals surface area contributed by atoms with Crippen LogP contribution in [0.5, 0.6) is 0 Å². The Morgan fingerprint density at radius 3 is 2.62 bits per heavy atom. The third-order valence-electron chi connectivity index (χ3n) is 3.14. The van der Waals surface area contributed by atoms with Gasteiger partial charge < -0.3 is 0 Å². The largest absolute Gasteiger partial charge is 0.339 e. The highest BCUT2D eigenvalue weighted by Crippen LogP contribution is 2.11. The summed E-state index contributed by atoms with van der Waals surface area (Å²) < 4.78 is 0.463. The first-order valence-corrected chi connectivity index (χ1v) is 8.67. The van der Waals surface area contributed by atoms with Gasteiger partial charge in [0, 0.05) is 12.5 Å². The molecule has 0 aliphatic carbocycles. The fourth-order valence-electron chi connectivity index (χ4n) is 2.01. The van der Waals surface area contributed by atoms with Crippen LogP contribution in [0.4, 0.5) is 9.93 Å². The maximum Gasteiger partial charge on any atom is 0.339 e. The summed E-state index contributed by atoms with van der Waals surface area (Å²) in [5.41, 5.74) is 3.64. The Labute approximate surface area is 149 Å². The van der Waals surface area contributed by atoms with Crippen LogP contribution in [0, 0.1) is 3.95 Å². The van der Waals surface area contributed by atoms with Crippen molar-refractivity contribution in [3.05, 3.63) is 39.8 Å². The molecule has 0 unspecified atom stereocenters. The van der Waals surface area contributed by atoms with Gasteiger partial charge in [0.05, 0.1) is 0 Å². The molecule has 1 aromatic heterocycles. The molecule has 1 heterocycles. The van der Waals surface area contributed by atoms with E-state index in [1.54, 1.807) is 0 Å². The van der Waals surface area contributed by atoms with Crippen LogP contribution < -0.4 is 10.7 Å². The van der Waals surface area contributed by atoms with Crippen molar-refractivity contribution in [1.82, 2.24) is 20.6 Å². The number of amides is 3. The maximum atomic E-state index is 12.4. The number of hydrazine groups is 1. The Morgan fingerprint density at radius 2 is 2.04 bits per heavy atom. The van der Waals surface area contributed by atoms with E-state index in [9.17, 15) is 9.59 Å². The predicted molar refractivity (Wildman–Crippen MR) is 96.2 cm³/mol. The zero-order chi connectivity index (χ0) is 17.5. The number of aryl methyl sites for hydroxylation is 1. The number of aromatic amines is 1. The number of nitrogens with zero attached hydrogens (tertiary/aromatic N) is 2. The molecule has 128 valence electrons. The number of rotatable bonds is 5. The summed E-state index contributed by atoms with van der Waals surface area (Å²) in [6.07, 6.45) is 0.927. The number of urea groups is 1. The predicted octanol–water partition coefficient (Wildman–Crippen LogP) is 3.11. The highest BCUT2D eigenvalue weighted by Gasteiger charge is 2.19. The van der Waals surface area contributed by atoms with E-state index in [1.807, 2.05) is 44.2 Å². The van der Waals surface area contributed by atoms with Crippen molar-refractivity contribution in [2.24, 2.45) is 0 Å². The standard InChI is InChI=1S/C15H19N5O2S2/c1-10(2)20(12(21)9-8-11-6-4-3-5-7-11)19-13(22)16-14-17-18-15(23)24-14/h3-7,10H,8-9H2,1-2H3,(H,18,23)(H2,16,17,19,22). The molecule has 0 aliphatic heterocycles. The second kappa shape index (κ2) is 8.55. The van der Waals surface area contributed by atoms with Crippen LogP contribution in [-0.4, -0.2) is 33.2 Å². The summed E-state index contributed by atoms with van der Waals surface area (Å²) in [4.78, 5) is 24.4. The Balaban J connectivity index is 1.91. The Bertz CT molecular complexity index is 742. The van der Waals surface area contributed by atoms with Gasteiger partial charge in [-0.15, -0.1) is 5.10 Å². The van der Waals surface area contributed by atoms with Crippen LogP contribution in [0.15, 0.2) is 30.3 Å². The number of H-pyrrole nitrogens is 1. The van der Waals surface area contributed by atoms with E-state index in [2.05, 4.69) is 20.9 Å². The lowest BCUT2D eigenvalue weighted by atomic mass is 10.1. The minimum absolute atomic E-state index is 0.154. The molecule has 0 saturated heterocycles. The molecule has 3 N–H and O–H groups in total. The smallest absolute Gasteiger partial charge is 0.281 e. The van der Waals surface area contributed by atoms with E-state index in [4.69, 9.17) is 12.2 Å². The van der Waals surface area contributed by atoms with Crippen molar-refractivity contribution in [3.63, 3.8) is 0 Å². The Morgan fingerprint density at radius 1 is 1.33 bits per heavy atom. The Hall–Kier alpha value is -2.26. The van der Waals surface area contributed by atoms with Crippen LogP contribution in [0.25, 0.3) is 0 Å². The lowest BCUT2D eigenvalue weighted by Crippen LogP contribution is -2.51. The molecule has 2 aromatic rings. The van der Waals surface area contributed by atoms with Crippen LogP contribution in [0.2, 0.25) is 0 Å². The fraction of sp³-hybridized carbons (Fsp3) is 0.333. The van der Waals surface area contributed by atoms with Crippen LogP contribution in [-0.2, 0) is 11.2 Å². The zero-order valence-corrected chi connectivity index (χ0v) is 15.0.